The van der Waals surface area contributed by atoms with Crippen molar-refractivity contribution in [3.63, 3.8) is 0 Å². The van der Waals surface area contributed by atoms with E-state index < -0.39 is 22.7 Å². The van der Waals surface area contributed by atoms with E-state index in [-0.39, 0.29) is 5.56 Å². The summed E-state index contributed by atoms with van der Waals surface area (Å²) < 4.78 is 28.8. The third-order valence-corrected chi connectivity index (χ3v) is 4.74. The van der Waals surface area contributed by atoms with E-state index in [1.165, 1.54) is 6.33 Å². The average Bonchev–Trinajstić information content (AvgIpc) is 3.04. The summed E-state index contributed by atoms with van der Waals surface area (Å²) in [5.41, 5.74) is 0.449. The first kappa shape index (κ1) is 17.6. The van der Waals surface area contributed by atoms with Crippen LogP contribution in [0.4, 0.5) is 8.78 Å². The summed E-state index contributed by atoms with van der Waals surface area (Å²) in [5.74, 6) is -1.94. The van der Waals surface area contributed by atoms with Crippen molar-refractivity contribution in [2.24, 2.45) is 0 Å². The Kier molecular flexibility index (Phi) is 5.15. The molecule has 0 aliphatic rings. The zero-order valence-electron chi connectivity index (χ0n) is 13.0. The number of aromatic nitrogens is 3. The van der Waals surface area contributed by atoms with Gasteiger partial charge >= 0.3 is 0 Å². The lowest BCUT2D eigenvalue weighted by atomic mass is 10.1. The highest BCUT2D eigenvalue weighted by atomic mass is 35.5. The first-order valence-electron chi connectivity index (χ1n) is 7.27. The van der Waals surface area contributed by atoms with Gasteiger partial charge in [0.05, 0.1) is 16.5 Å². The maximum absolute atomic E-state index is 13.8. The SMILES string of the molecule is C[C@H](Sc1nncn1-c1cccc(Cl)c1)C(=O)c1cc(F)ccc1F. The van der Waals surface area contributed by atoms with Crippen LogP contribution in [0.3, 0.4) is 0 Å². The van der Waals surface area contributed by atoms with E-state index in [0.29, 0.717) is 10.2 Å². The number of ketones is 1. The fraction of sp³-hybridized carbons (Fsp3) is 0.118. The summed E-state index contributed by atoms with van der Waals surface area (Å²) in [6.07, 6.45) is 1.49. The zero-order chi connectivity index (χ0) is 18.0. The normalized spacial score (nSPS) is 12.2. The maximum Gasteiger partial charge on any atom is 0.196 e. The second kappa shape index (κ2) is 7.33. The van der Waals surface area contributed by atoms with Crippen molar-refractivity contribution in [1.29, 1.82) is 0 Å². The van der Waals surface area contributed by atoms with Crippen LogP contribution in [0.15, 0.2) is 53.9 Å². The van der Waals surface area contributed by atoms with Crippen LogP contribution in [-0.2, 0) is 0 Å². The summed E-state index contributed by atoms with van der Waals surface area (Å²) in [6, 6.07) is 9.88. The minimum absolute atomic E-state index is 0.283. The average molecular weight is 380 g/mol. The van der Waals surface area contributed by atoms with Crippen LogP contribution >= 0.6 is 23.4 Å². The number of nitrogens with zero attached hydrogens (tertiary/aromatic N) is 3. The molecule has 0 spiro atoms. The van der Waals surface area contributed by atoms with Crippen molar-refractivity contribution >= 4 is 29.1 Å². The summed E-state index contributed by atoms with van der Waals surface area (Å²) in [6.45, 7) is 1.61. The number of carbonyl (C=O) groups excluding carboxylic acids is 1. The zero-order valence-corrected chi connectivity index (χ0v) is 14.6. The molecular weight excluding hydrogens is 368 g/mol. The maximum atomic E-state index is 13.8. The van der Waals surface area contributed by atoms with Crippen LogP contribution in [0.1, 0.15) is 17.3 Å². The number of halogens is 3. The van der Waals surface area contributed by atoms with Gasteiger partial charge in [-0.15, -0.1) is 10.2 Å². The van der Waals surface area contributed by atoms with Crippen molar-refractivity contribution in [3.05, 3.63) is 71.0 Å². The molecular formula is C17H12ClF2N3OS. The standard InChI is InChI=1S/C17H12ClF2N3OS/c1-10(16(24)14-8-12(19)5-6-15(14)20)25-17-22-21-9-23(17)13-4-2-3-11(18)7-13/h2-10H,1H3/t10-/m0/s1. The molecule has 8 heteroatoms. The van der Waals surface area contributed by atoms with Gasteiger partial charge in [-0.2, -0.15) is 0 Å². The van der Waals surface area contributed by atoms with E-state index in [1.54, 1.807) is 29.7 Å². The molecule has 0 bridgehead atoms. The Bertz CT molecular complexity index is 932. The van der Waals surface area contributed by atoms with E-state index in [2.05, 4.69) is 10.2 Å². The van der Waals surface area contributed by atoms with Crippen molar-refractivity contribution in [2.75, 3.05) is 0 Å². The Balaban J connectivity index is 1.85. The van der Waals surface area contributed by atoms with Crippen LogP contribution in [0.5, 0.6) is 0 Å². The Hall–Kier alpha value is -2.25. The molecule has 1 aromatic heterocycles. The van der Waals surface area contributed by atoms with E-state index in [4.69, 9.17) is 11.6 Å². The minimum Gasteiger partial charge on any atom is -0.293 e. The van der Waals surface area contributed by atoms with Gasteiger partial charge in [-0.1, -0.05) is 29.4 Å². The number of hydrogen-bond donors (Lipinski definition) is 0. The molecule has 1 atom stereocenters. The van der Waals surface area contributed by atoms with Crippen molar-refractivity contribution in [1.82, 2.24) is 14.8 Å². The van der Waals surface area contributed by atoms with Crippen LogP contribution in [-0.4, -0.2) is 25.8 Å². The molecule has 1 heterocycles. The largest absolute Gasteiger partial charge is 0.293 e. The van der Waals surface area contributed by atoms with Gasteiger partial charge in [0.15, 0.2) is 10.9 Å². The van der Waals surface area contributed by atoms with Crippen LogP contribution < -0.4 is 0 Å². The first-order chi connectivity index (χ1) is 12.0. The van der Waals surface area contributed by atoms with Gasteiger partial charge in [-0.05, 0) is 43.3 Å². The highest BCUT2D eigenvalue weighted by Gasteiger charge is 2.23. The Morgan fingerprint density at radius 1 is 1.24 bits per heavy atom. The third kappa shape index (κ3) is 3.88. The molecule has 3 rings (SSSR count). The van der Waals surface area contributed by atoms with E-state index in [9.17, 15) is 13.6 Å². The van der Waals surface area contributed by atoms with Crippen molar-refractivity contribution in [2.45, 2.75) is 17.3 Å². The topological polar surface area (TPSA) is 47.8 Å². The van der Waals surface area contributed by atoms with E-state index in [1.807, 2.05) is 6.07 Å². The summed E-state index contributed by atoms with van der Waals surface area (Å²) in [4.78, 5) is 12.4. The Morgan fingerprint density at radius 3 is 2.80 bits per heavy atom. The number of benzene rings is 2. The molecule has 0 radical (unpaired) electrons. The van der Waals surface area contributed by atoms with Gasteiger partial charge in [0.2, 0.25) is 0 Å². The van der Waals surface area contributed by atoms with Gasteiger partial charge in [-0.3, -0.25) is 9.36 Å². The molecule has 4 nitrogen and oxygen atoms in total. The number of Topliss-reactive ketones (excluding diaryl/α,β-unsaturated/α-hetero) is 1. The van der Waals surface area contributed by atoms with Gasteiger partial charge in [0, 0.05) is 5.02 Å². The molecule has 0 unspecified atom stereocenters. The molecule has 0 fully saturated rings. The predicted molar refractivity (Wildman–Crippen MR) is 92.4 cm³/mol. The Labute approximate surface area is 151 Å². The van der Waals surface area contributed by atoms with Crippen LogP contribution in [0.2, 0.25) is 5.02 Å². The quantitative estimate of drug-likeness (QED) is 0.481. The first-order valence-corrected chi connectivity index (χ1v) is 8.53. The molecule has 25 heavy (non-hydrogen) atoms. The van der Waals surface area contributed by atoms with Crippen LogP contribution in [0.25, 0.3) is 5.69 Å². The summed E-state index contributed by atoms with van der Waals surface area (Å²) in [5, 5.41) is 8.15. The number of thioether (sulfide) groups is 1. The Morgan fingerprint density at radius 2 is 2.04 bits per heavy atom. The smallest absolute Gasteiger partial charge is 0.196 e. The number of rotatable bonds is 5. The third-order valence-electron chi connectivity index (χ3n) is 3.45. The molecule has 0 aliphatic heterocycles. The van der Waals surface area contributed by atoms with Gasteiger partial charge in [0.1, 0.15) is 18.0 Å². The molecule has 0 N–H and O–H groups in total. The molecule has 0 aliphatic carbocycles. The molecule has 128 valence electrons. The molecule has 0 saturated carbocycles. The second-order valence-corrected chi connectivity index (χ2v) is 6.96. The van der Waals surface area contributed by atoms with E-state index >= 15 is 0 Å². The van der Waals surface area contributed by atoms with Gasteiger partial charge < -0.3 is 0 Å². The highest BCUT2D eigenvalue weighted by Crippen LogP contribution is 2.27. The summed E-state index contributed by atoms with van der Waals surface area (Å²) in [7, 11) is 0. The van der Waals surface area contributed by atoms with Crippen LogP contribution in [0, 0.1) is 11.6 Å². The molecule has 0 amide bonds. The summed E-state index contributed by atoms with van der Waals surface area (Å²) >= 11 is 7.09. The fourth-order valence-corrected chi connectivity index (χ4v) is 3.32. The monoisotopic (exact) mass is 379 g/mol. The fourth-order valence-electron chi connectivity index (χ4n) is 2.22. The molecule has 0 saturated heterocycles. The lowest BCUT2D eigenvalue weighted by molar-refractivity contribution is 0.0989. The highest BCUT2D eigenvalue weighted by molar-refractivity contribution is 8.00. The van der Waals surface area contributed by atoms with E-state index in [0.717, 1.165) is 35.6 Å². The number of hydrogen-bond acceptors (Lipinski definition) is 4. The lowest BCUT2D eigenvalue weighted by Crippen LogP contribution is -2.16. The van der Waals surface area contributed by atoms with Crippen molar-refractivity contribution < 1.29 is 13.6 Å². The number of carbonyl (C=O) groups is 1. The minimum atomic E-state index is -0.754. The molecule has 2 aromatic carbocycles. The lowest BCUT2D eigenvalue weighted by Gasteiger charge is -2.12. The van der Waals surface area contributed by atoms with Gasteiger partial charge in [0.25, 0.3) is 0 Å². The van der Waals surface area contributed by atoms with Crippen molar-refractivity contribution in [3.8, 4) is 5.69 Å². The molecule has 3 aromatic rings. The van der Waals surface area contributed by atoms with Gasteiger partial charge in [-0.25, -0.2) is 8.78 Å². The second-order valence-electron chi connectivity index (χ2n) is 5.21. The predicted octanol–water partition coefficient (Wildman–Crippen LogP) is 4.56.